The van der Waals surface area contributed by atoms with E-state index in [1.165, 1.54) is 12.1 Å². The minimum Gasteiger partial charge on any atom is -0.396 e. The summed E-state index contributed by atoms with van der Waals surface area (Å²) in [5.74, 6) is -0.888. The lowest BCUT2D eigenvalue weighted by Gasteiger charge is -2.12. The van der Waals surface area contributed by atoms with Gasteiger partial charge in [-0.3, -0.25) is 4.79 Å². The van der Waals surface area contributed by atoms with E-state index in [9.17, 15) is 9.18 Å². The Bertz CT molecular complexity index is 554. The molecule has 0 aliphatic rings. The smallest absolute Gasteiger partial charge is 0.251 e. The first-order valence-corrected chi connectivity index (χ1v) is 6.35. The Balaban J connectivity index is 2.10. The number of nitrogen functional groups attached to an aromatic ring is 1. The van der Waals surface area contributed by atoms with Gasteiger partial charge in [0.05, 0.1) is 11.7 Å². The van der Waals surface area contributed by atoms with E-state index in [-0.39, 0.29) is 23.2 Å². The number of nitrogens with two attached hydrogens (primary N) is 1. The lowest BCUT2D eigenvalue weighted by molar-refractivity contribution is 0.0940. The number of carbonyl (C=O) groups excluding carboxylic acids is 1. The van der Waals surface area contributed by atoms with Gasteiger partial charge < -0.3 is 11.1 Å². The third-order valence-electron chi connectivity index (χ3n) is 2.58. The summed E-state index contributed by atoms with van der Waals surface area (Å²) in [6, 6.07) is 7.81. The van der Waals surface area contributed by atoms with E-state index in [2.05, 4.69) is 5.32 Å². The minimum atomic E-state index is -0.577. The van der Waals surface area contributed by atoms with Crippen molar-refractivity contribution in [2.75, 3.05) is 5.73 Å². The maximum absolute atomic E-state index is 13.2. The van der Waals surface area contributed by atoms with Gasteiger partial charge in [-0.2, -0.15) is 0 Å². The van der Waals surface area contributed by atoms with Gasteiger partial charge in [-0.15, -0.1) is 11.3 Å². The predicted molar refractivity (Wildman–Crippen MR) is 71.0 cm³/mol. The first-order chi connectivity index (χ1) is 8.58. The highest BCUT2D eigenvalue weighted by molar-refractivity contribution is 7.10. The van der Waals surface area contributed by atoms with E-state index >= 15 is 0 Å². The molecule has 2 aromatic rings. The van der Waals surface area contributed by atoms with Crippen LogP contribution in [0.25, 0.3) is 0 Å². The molecular formula is C13H13FN2OS. The fraction of sp³-hybridized carbons (Fsp3) is 0.154. The van der Waals surface area contributed by atoms with Crippen LogP contribution in [0.5, 0.6) is 0 Å². The van der Waals surface area contributed by atoms with Gasteiger partial charge in [0.1, 0.15) is 5.82 Å². The lowest BCUT2D eigenvalue weighted by Crippen LogP contribution is -2.26. The normalized spacial score (nSPS) is 12.1. The number of amides is 1. The Morgan fingerprint density at radius 1 is 1.44 bits per heavy atom. The van der Waals surface area contributed by atoms with Crippen LogP contribution in [0.3, 0.4) is 0 Å². The highest BCUT2D eigenvalue weighted by atomic mass is 32.1. The lowest BCUT2D eigenvalue weighted by atomic mass is 10.1. The zero-order valence-electron chi connectivity index (χ0n) is 9.81. The van der Waals surface area contributed by atoms with E-state index in [1.54, 1.807) is 11.3 Å². The summed E-state index contributed by atoms with van der Waals surface area (Å²) in [6.07, 6.45) is 0. The Kier molecular flexibility index (Phi) is 3.62. The minimum absolute atomic E-state index is 0.0397. The van der Waals surface area contributed by atoms with Crippen molar-refractivity contribution in [1.29, 1.82) is 0 Å². The van der Waals surface area contributed by atoms with Crippen LogP contribution >= 0.6 is 11.3 Å². The fourth-order valence-corrected chi connectivity index (χ4v) is 2.29. The highest BCUT2D eigenvalue weighted by Crippen LogP contribution is 2.19. The Morgan fingerprint density at radius 3 is 2.83 bits per heavy atom. The summed E-state index contributed by atoms with van der Waals surface area (Å²) >= 11 is 1.57. The van der Waals surface area contributed by atoms with Gasteiger partial charge in [0.25, 0.3) is 5.91 Å². The quantitative estimate of drug-likeness (QED) is 0.837. The van der Waals surface area contributed by atoms with Crippen LogP contribution in [-0.4, -0.2) is 5.91 Å². The number of thiophene rings is 1. The third-order valence-corrected chi connectivity index (χ3v) is 3.64. The second-order valence-electron chi connectivity index (χ2n) is 3.95. The molecule has 0 unspecified atom stereocenters. The molecule has 1 aromatic carbocycles. The predicted octanol–water partition coefficient (Wildman–Crippen LogP) is 2.96. The van der Waals surface area contributed by atoms with Crippen molar-refractivity contribution in [1.82, 2.24) is 5.32 Å². The van der Waals surface area contributed by atoms with Crippen LogP contribution in [0.15, 0.2) is 35.7 Å². The molecule has 5 heteroatoms. The van der Waals surface area contributed by atoms with Gasteiger partial charge in [-0.05, 0) is 36.6 Å². The molecule has 0 spiro atoms. The Morgan fingerprint density at radius 2 is 2.22 bits per heavy atom. The van der Waals surface area contributed by atoms with Crippen molar-refractivity contribution in [2.45, 2.75) is 13.0 Å². The van der Waals surface area contributed by atoms with Gasteiger partial charge >= 0.3 is 0 Å². The molecule has 0 saturated heterocycles. The molecule has 18 heavy (non-hydrogen) atoms. The molecule has 1 aromatic heterocycles. The monoisotopic (exact) mass is 264 g/mol. The molecule has 1 heterocycles. The summed E-state index contributed by atoms with van der Waals surface area (Å²) in [6.45, 7) is 1.89. The average molecular weight is 264 g/mol. The van der Waals surface area contributed by atoms with Crippen LogP contribution in [0.1, 0.15) is 28.2 Å². The van der Waals surface area contributed by atoms with Gasteiger partial charge in [-0.1, -0.05) is 6.07 Å². The van der Waals surface area contributed by atoms with Gasteiger partial charge in [-0.25, -0.2) is 4.39 Å². The number of rotatable bonds is 3. The highest BCUT2D eigenvalue weighted by Gasteiger charge is 2.13. The number of hydrogen-bond acceptors (Lipinski definition) is 3. The SMILES string of the molecule is C[C@H](NC(=O)c1ccc(N)c(F)c1)c1cccs1. The molecule has 1 amide bonds. The van der Waals surface area contributed by atoms with Gasteiger partial charge in [0.2, 0.25) is 0 Å². The first-order valence-electron chi connectivity index (χ1n) is 5.47. The van der Waals surface area contributed by atoms with Gasteiger partial charge in [0, 0.05) is 10.4 Å². The molecule has 2 rings (SSSR count). The van der Waals surface area contributed by atoms with Gasteiger partial charge in [0.15, 0.2) is 0 Å². The molecule has 0 fully saturated rings. The third kappa shape index (κ3) is 2.68. The van der Waals surface area contributed by atoms with Crippen molar-refractivity contribution in [3.05, 3.63) is 52.0 Å². The van der Waals surface area contributed by atoms with Crippen LogP contribution in [0.2, 0.25) is 0 Å². The molecule has 94 valence electrons. The van der Waals surface area contributed by atoms with Crippen molar-refractivity contribution < 1.29 is 9.18 Å². The first kappa shape index (κ1) is 12.6. The zero-order valence-corrected chi connectivity index (χ0v) is 10.6. The summed E-state index contributed by atoms with van der Waals surface area (Å²) in [7, 11) is 0. The van der Waals surface area contributed by atoms with Crippen molar-refractivity contribution in [3.63, 3.8) is 0 Å². The fourth-order valence-electron chi connectivity index (χ4n) is 1.56. The molecule has 0 aliphatic carbocycles. The molecule has 3 N–H and O–H groups in total. The number of hydrogen-bond donors (Lipinski definition) is 2. The average Bonchev–Trinajstić information content (AvgIpc) is 2.86. The maximum atomic E-state index is 13.2. The molecule has 0 aliphatic heterocycles. The second-order valence-corrected chi connectivity index (χ2v) is 4.93. The molecule has 0 saturated carbocycles. The molecular weight excluding hydrogens is 251 g/mol. The number of benzene rings is 1. The van der Waals surface area contributed by atoms with Crippen molar-refractivity contribution in [2.24, 2.45) is 0 Å². The number of halogens is 1. The number of nitrogens with one attached hydrogen (secondary N) is 1. The van der Waals surface area contributed by atoms with Crippen LogP contribution in [0.4, 0.5) is 10.1 Å². The van der Waals surface area contributed by atoms with Crippen LogP contribution < -0.4 is 11.1 Å². The summed E-state index contributed by atoms with van der Waals surface area (Å²) in [4.78, 5) is 13.0. The Labute approximate surface area is 108 Å². The van der Waals surface area contributed by atoms with E-state index in [0.29, 0.717) is 0 Å². The molecule has 1 atom stereocenters. The molecule has 0 radical (unpaired) electrons. The van der Waals surface area contributed by atoms with Crippen molar-refractivity contribution >= 4 is 22.9 Å². The van der Waals surface area contributed by atoms with Crippen molar-refractivity contribution in [3.8, 4) is 0 Å². The summed E-state index contributed by atoms with van der Waals surface area (Å²) in [5, 5.41) is 4.75. The summed E-state index contributed by atoms with van der Waals surface area (Å²) in [5.41, 5.74) is 5.67. The van der Waals surface area contributed by atoms with E-state index in [4.69, 9.17) is 5.73 Å². The maximum Gasteiger partial charge on any atom is 0.251 e. The Hall–Kier alpha value is -1.88. The number of anilines is 1. The van der Waals surface area contributed by atoms with E-state index in [0.717, 1.165) is 10.9 Å². The largest absolute Gasteiger partial charge is 0.396 e. The topological polar surface area (TPSA) is 55.1 Å². The molecule has 0 bridgehead atoms. The summed E-state index contributed by atoms with van der Waals surface area (Å²) < 4.78 is 13.2. The van der Waals surface area contributed by atoms with Crippen LogP contribution in [-0.2, 0) is 0 Å². The number of carbonyl (C=O) groups is 1. The van der Waals surface area contributed by atoms with E-state index < -0.39 is 5.82 Å². The zero-order chi connectivity index (χ0) is 13.1. The van der Waals surface area contributed by atoms with Crippen LogP contribution in [0, 0.1) is 5.82 Å². The second kappa shape index (κ2) is 5.18. The van der Waals surface area contributed by atoms with E-state index in [1.807, 2.05) is 24.4 Å². The standard InChI is InChI=1S/C13H13FN2OS/c1-8(12-3-2-6-18-12)16-13(17)9-4-5-11(15)10(14)7-9/h2-8H,15H2,1H3,(H,16,17)/t8-/m0/s1. The molecule has 3 nitrogen and oxygen atoms in total.